The molecule has 0 saturated carbocycles. The van der Waals surface area contributed by atoms with Crippen molar-refractivity contribution in [3.63, 3.8) is 0 Å². The molecule has 0 atom stereocenters. The van der Waals surface area contributed by atoms with E-state index < -0.39 is 0 Å². The first-order chi connectivity index (χ1) is 10.3. The van der Waals surface area contributed by atoms with Crippen molar-refractivity contribution in [2.45, 2.75) is 45.6 Å². The van der Waals surface area contributed by atoms with Gasteiger partial charge in [-0.1, -0.05) is 62.6 Å². The lowest BCUT2D eigenvalue weighted by Gasteiger charge is -2.07. The maximum absolute atomic E-state index is 11.6. The van der Waals surface area contributed by atoms with Crippen molar-refractivity contribution in [2.75, 3.05) is 0 Å². The summed E-state index contributed by atoms with van der Waals surface area (Å²) >= 11 is 0. The molecule has 0 spiro atoms. The zero-order chi connectivity index (χ0) is 14.9. The molecule has 0 unspecified atom stereocenters. The number of hydrogen-bond acceptors (Lipinski definition) is 2. The number of unbranched alkanes of at least 4 members (excludes halogenated alkanes) is 3. The Hall–Kier alpha value is -1.87. The predicted molar refractivity (Wildman–Crippen MR) is 85.6 cm³/mol. The first kappa shape index (κ1) is 15.5. The van der Waals surface area contributed by atoms with Gasteiger partial charge in [0, 0.05) is 6.42 Å². The highest BCUT2D eigenvalue weighted by Crippen LogP contribution is 2.15. The summed E-state index contributed by atoms with van der Waals surface area (Å²) < 4.78 is 0. The number of nitrogens with one attached hydrogen (secondary N) is 1. The van der Waals surface area contributed by atoms with E-state index >= 15 is 0 Å². The molecule has 1 amide bonds. The van der Waals surface area contributed by atoms with Crippen molar-refractivity contribution in [2.24, 2.45) is 0 Å². The summed E-state index contributed by atoms with van der Waals surface area (Å²) in [5, 5.41) is 2.39. The molecular formula is C18H23NO2. The Balaban J connectivity index is 1.73. The highest BCUT2D eigenvalue weighted by molar-refractivity contribution is 5.82. The number of fused-ring (bicyclic) bond motifs is 1. The molecule has 2 aromatic rings. The molecule has 3 heteroatoms. The Morgan fingerprint density at radius 1 is 1.05 bits per heavy atom. The predicted octanol–water partition coefficient (Wildman–Crippen LogP) is 4.36. The summed E-state index contributed by atoms with van der Waals surface area (Å²) in [4.78, 5) is 16.9. The molecule has 21 heavy (non-hydrogen) atoms. The Morgan fingerprint density at radius 3 is 2.67 bits per heavy atom. The van der Waals surface area contributed by atoms with Crippen LogP contribution >= 0.6 is 0 Å². The standard InChI is InChI=1S/C18H23NO2/c1-2-3-4-5-10-18(20)19-21-14-15-11-12-16-8-6-7-9-17(16)13-15/h6-9,11-13H,2-5,10,14H2,1H3,(H,19,20). The monoisotopic (exact) mass is 285 g/mol. The van der Waals surface area contributed by atoms with E-state index in [-0.39, 0.29) is 5.91 Å². The fraction of sp³-hybridized carbons (Fsp3) is 0.389. The zero-order valence-corrected chi connectivity index (χ0v) is 12.6. The van der Waals surface area contributed by atoms with Gasteiger partial charge in [-0.25, -0.2) is 5.48 Å². The molecule has 0 bridgehead atoms. The van der Waals surface area contributed by atoms with E-state index in [9.17, 15) is 4.79 Å². The van der Waals surface area contributed by atoms with Gasteiger partial charge in [0.25, 0.3) is 0 Å². The van der Waals surface area contributed by atoms with Crippen LogP contribution in [0.25, 0.3) is 10.8 Å². The van der Waals surface area contributed by atoms with Crippen molar-refractivity contribution >= 4 is 16.7 Å². The van der Waals surface area contributed by atoms with Gasteiger partial charge in [-0.05, 0) is 28.8 Å². The third-order valence-electron chi connectivity index (χ3n) is 3.50. The van der Waals surface area contributed by atoms with Crippen LogP contribution < -0.4 is 5.48 Å². The summed E-state index contributed by atoms with van der Waals surface area (Å²) in [6.45, 7) is 2.55. The minimum atomic E-state index is -0.0353. The minimum absolute atomic E-state index is 0.0353. The Morgan fingerprint density at radius 2 is 1.86 bits per heavy atom. The molecule has 2 aromatic carbocycles. The fourth-order valence-electron chi connectivity index (χ4n) is 2.29. The molecule has 1 N–H and O–H groups in total. The lowest BCUT2D eigenvalue weighted by atomic mass is 10.1. The number of carbonyl (C=O) groups is 1. The lowest BCUT2D eigenvalue weighted by molar-refractivity contribution is -0.134. The quantitative estimate of drug-likeness (QED) is 0.578. The number of amides is 1. The first-order valence-electron chi connectivity index (χ1n) is 7.68. The van der Waals surface area contributed by atoms with Gasteiger partial charge in [0.05, 0.1) is 6.61 Å². The molecule has 3 nitrogen and oxygen atoms in total. The second-order valence-electron chi connectivity index (χ2n) is 5.31. The van der Waals surface area contributed by atoms with Crippen LogP contribution in [0, 0.1) is 0 Å². The highest BCUT2D eigenvalue weighted by Gasteiger charge is 2.02. The van der Waals surface area contributed by atoms with Gasteiger partial charge < -0.3 is 0 Å². The summed E-state index contributed by atoms with van der Waals surface area (Å²) in [6, 6.07) is 14.4. The van der Waals surface area contributed by atoms with Crippen LogP contribution in [0.15, 0.2) is 42.5 Å². The van der Waals surface area contributed by atoms with E-state index in [1.165, 1.54) is 23.6 Å². The van der Waals surface area contributed by atoms with Crippen molar-refractivity contribution < 1.29 is 9.63 Å². The molecule has 2 rings (SSSR count). The highest BCUT2D eigenvalue weighted by atomic mass is 16.6. The second-order valence-corrected chi connectivity index (χ2v) is 5.31. The molecular weight excluding hydrogens is 262 g/mol. The Kier molecular flexibility index (Phi) is 6.22. The van der Waals surface area contributed by atoms with Gasteiger partial charge in [0.2, 0.25) is 5.91 Å². The second kappa shape index (κ2) is 8.42. The molecule has 0 aromatic heterocycles. The maximum atomic E-state index is 11.6. The van der Waals surface area contributed by atoms with Gasteiger partial charge in [-0.3, -0.25) is 9.63 Å². The van der Waals surface area contributed by atoms with Crippen LogP contribution in [0.1, 0.15) is 44.6 Å². The van der Waals surface area contributed by atoms with E-state index in [0.29, 0.717) is 13.0 Å². The Bertz CT molecular complexity index is 580. The van der Waals surface area contributed by atoms with Crippen LogP contribution in [-0.4, -0.2) is 5.91 Å². The normalized spacial score (nSPS) is 10.7. The number of rotatable bonds is 8. The maximum Gasteiger partial charge on any atom is 0.243 e. The fourth-order valence-corrected chi connectivity index (χ4v) is 2.29. The molecule has 0 radical (unpaired) electrons. The third kappa shape index (κ3) is 5.20. The van der Waals surface area contributed by atoms with Crippen molar-refractivity contribution in [1.29, 1.82) is 0 Å². The zero-order valence-electron chi connectivity index (χ0n) is 12.6. The van der Waals surface area contributed by atoms with Crippen LogP contribution in [0.2, 0.25) is 0 Å². The van der Waals surface area contributed by atoms with Crippen molar-refractivity contribution in [3.8, 4) is 0 Å². The SMILES string of the molecule is CCCCCCC(=O)NOCc1ccc2ccccc2c1. The molecule has 0 aliphatic heterocycles. The minimum Gasteiger partial charge on any atom is -0.273 e. The molecule has 112 valence electrons. The topological polar surface area (TPSA) is 38.3 Å². The van der Waals surface area contributed by atoms with Gasteiger partial charge in [0.15, 0.2) is 0 Å². The van der Waals surface area contributed by atoms with E-state index in [4.69, 9.17) is 4.84 Å². The van der Waals surface area contributed by atoms with E-state index in [1.807, 2.05) is 18.2 Å². The number of benzene rings is 2. The first-order valence-corrected chi connectivity index (χ1v) is 7.68. The van der Waals surface area contributed by atoms with Crippen molar-refractivity contribution in [3.05, 3.63) is 48.0 Å². The summed E-state index contributed by atoms with van der Waals surface area (Å²) in [5.74, 6) is -0.0353. The average Bonchev–Trinajstić information content (AvgIpc) is 2.51. The van der Waals surface area contributed by atoms with Gasteiger partial charge in [-0.15, -0.1) is 0 Å². The van der Waals surface area contributed by atoms with Gasteiger partial charge in [-0.2, -0.15) is 0 Å². The van der Waals surface area contributed by atoms with Gasteiger partial charge >= 0.3 is 0 Å². The van der Waals surface area contributed by atoms with Crippen LogP contribution in [0.4, 0.5) is 0 Å². The molecule has 0 aliphatic rings. The molecule has 0 saturated heterocycles. The summed E-state index contributed by atoms with van der Waals surface area (Å²) in [5.41, 5.74) is 3.57. The van der Waals surface area contributed by atoms with Crippen molar-refractivity contribution in [1.82, 2.24) is 5.48 Å². The molecule has 0 heterocycles. The van der Waals surface area contributed by atoms with Gasteiger partial charge in [0.1, 0.15) is 0 Å². The van der Waals surface area contributed by atoms with E-state index in [1.54, 1.807) is 0 Å². The lowest BCUT2D eigenvalue weighted by Crippen LogP contribution is -2.23. The van der Waals surface area contributed by atoms with E-state index in [0.717, 1.165) is 18.4 Å². The third-order valence-corrected chi connectivity index (χ3v) is 3.50. The number of hydroxylamine groups is 1. The Labute approximate surface area is 126 Å². The van der Waals surface area contributed by atoms with Crippen LogP contribution in [0.5, 0.6) is 0 Å². The smallest absolute Gasteiger partial charge is 0.243 e. The summed E-state index contributed by atoms with van der Waals surface area (Å²) in [7, 11) is 0. The molecule has 0 aliphatic carbocycles. The number of carbonyl (C=O) groups excluding carboxylic acids is 1. The molecule has 0 fully saturated rings. The average molecular weight is 285 g/mol. The van der Waals surface area contributed by atoms with E-state index in [2.05, 4.69) is 36.7 Å². The van der Waals surface area contributed by atoms with Crippen LogP contribution in [-0.2, 0) is 16.2 Å². The number of hydrogen-bond donors (Lipinski definition) is 1. The summed E-state index contributed by atoms with van der Waals surface area (Å²) in [6.07, 6.45) is 4.94. The largest absolute Gasteiger partial charge is 0.273 e. The van der Waals surface area contributed by atoms with Crippen LogP contribution in [0.3, 0.4) is 0 Å².